The minimum Gasteiger partial charge on any atom is -0.494 e. The molecular formula is C19H22N4O3. The highest BCUT2D eigenvalue weighted by atomic mass is 16.3. The molecule has 3 heterocycles. The molecule has 7 nitrogen and oxygen atoms in total. The fourth-order valence-corrected chi connectivity index (χ4v) is 3.83. The van der Waals surface area contributed by atoms with Crippen molar-refractivity contribution in [3.63, 3.8) is 0 Å². The van der Waals surface area contributed by atoms with E-state index in [9.17, 15) is 14.7 Å². The van der Waals surface area contributed by atoms with E-state index in [1.807, 2.05) is 32.0 Å². The molecule has 3 aromatic rings. The van der Waals surface area contributed by atoms with Crippen LogP contribution in [0.5, 0.6) is 5.88 Å². The summed E-state index contributed by atoms with van der Waals surface area (Å²) in [5.74, 6) is -0.267. The summed E-state index contributed by atoms with van der Waals surface area (Å²) in [4.78, 5) is 30.5. The van der Waals surface area contributed by atoms with Crippen molar-refractivity contribution in [2.24, 2.45) is 0 Å². The number of para-hydroxylation sites is 1. The maximum absolute atomic E-state index is 12.6. The summed E-state index contributed by atoms with van der Waals surface area (Å²) in [6.07, 6.45) is 1.49. The third kappa shape index (κ3) is 2.39. The minimum atomic E-state index is -0.585. The molecule has 1 aromatic carbocycles. The van der Waals surface area contributed by atoms with Crippen LogP contribution in [0.25, 0.3) is 10.9 Å². The molecule has 2 atom stereocenters. The van der Waals surface area contributed by atoms with Crippen LogP contribution >= 0.6 is 0 Å². The summed E-state index contributed by atoms with van der Waals surface area (Å²) >= 11 is 0. The summed E-state index contributed by atoms with van der Waals surface area (Å²) in [5, 5.41) is 15.2. The Morgan fingerprint density at radius 1 is 1.27 bits per heavy atom. The van der Waals surface area contributed by atoms with Gasteiger partial charge in [0.2, 0.25) is 5.88 Å². The number of aromatic amines is 2. The van der Waals surface area contributed by atoms with Crippen LogP contribution in [-0.2, 0) is 6.42 Å². The average molecular weight is 354 g/mol. The first-order valence-electron chi connectivity index (χ1n) is 8.93. The molecule has 26 heavy (non-hydrogen) atoms. The molecule has 2 aromatic heterocycles. The SMILES string of the molecule is CC[C@@H](C)n1c(O)c([C@H]2NCCc3c2[nH]c2ccccc32)c(=O)[nH]c1=O. The third-order valence-electron chi connectivity index (χ3n) is 5.33. The smallest absolute Gasteiger partial charge is 0.331 e. The maximum Gasteiger partial charge on any atom is 0.331 e. The molecular weight excluding hydrogens is 332 g/mol. The van der Waals surface area contributed by atoms with Gasteiger partial charge in [0.15, 0.2) is 0 Å². The van der Waals surface area contributed by atoms with Crippen LogP contribution in [0.3, 0.4) is 0 Å². The third-order valence-corrected chi connectivity index (χ3v) is 5.33. The first kappa shape index (κ1) is 16.7. The van der Waals surface area contributed by atoms with Gasteiger partial charge in [0.1, 0.15) is 5.56 Å². The van der Waals surface area contributed by atoms with Crippen molar-refractivity contribution in [2.45, 2.75) is 38.8 Å². The van der Waals surface area contributed by atoms with E-state index in [2.05, 4.69) is 21.4 Å². The van der Waals surface area contributed by atoms with E-state index in [1.165, 1.54) is 4.57 Å². The van der Waals surface area contributed by atoms with Gasteiger partial charge in [-0.05, 0) is 31.4 Å². The lowest BCUT2D eigenvalue weighted by Gasteiger charge is -2.26. The Kier molecular flexibility index (Phi) is 3.96. The van der Waals surface area contributed by atoms with Crippen molar-refractivity contribution in [2.75, 3.05) is 6.54 Å². The highest BCUT2D eigenvalue weighted by Gasteiger charge is 2.31. The van der Waals surface area contributed by atoms with Crippen LogP contribution in [-0.4, -0.2) is 26.2 Å². The predicted octanol–water partition coefficient (Wildman–Crippen LogP) is 1.93. The van der Waals surface area contributed by atoms with Crippen LogP contribution < -0.4 is 16.6 Å². The quantitative estimate of drug-likeness (QED) is 0.577. The topological polar surface area (TPSA) is 103 Å². The number of H-pyrrole nitrogens is 2. The Bertz CT molecular complexity index is 1090. The molecule has 4 N–H and O–H groups in total. The van der Waals surface area contributed by atoms with E-state index < -0.39 is 17.3 Å². The Labute approximate surface area is 149 Å². The lowest BCUT2D eigenvalue weighted by Crippen LogP contribution is -2.39. The number of fused-ring (bicyclic) bond motifs is 3. The summed E-state index contributed by atoms with van der Waals surface area (Å²) in [6, 6.07) is 7.28. The molecule has 0 saturated carbocycles. The molecule has 0 amide bonds. The van der Waals surface area contributed by atoms with Crippen LogP contribution in [0.4, 0.5) is 0 Å². The second-order valence-electron chi connectivity index (χ2n) is 6.82. The van der Waals surface area contributed by atoms with Crippen LogP contribution in [0.15, 0.2) is 33.9 Å². The number of aromatic nitrogens is 3. The number of rotatable bonds is 3. The van der Waals surface area contributed by atoms with Gasteiger partial charge < -0.3 is 15.4 Å². The molecule has 0 unspecified atom stereocenters. The molecule has 1 aliphatic rings. The number of aromatic hydroxyl groups is 1. The molecule has 0 bridgehead atoms. The van der Waals surface area contributed by atoms with Crippen molar-refractivity contribution in [3.8, 4) is 5.88 Å². The van der Waals surface area contributed by atoms with Crippen LogP contribution in [0.2, 0.25) is 0 Å². The molecule has 0 radical (unpaired) electrons. The van der Waals surface area contributed by atoms with Crippen LogP contribution in [0, 0.1) is 0 Å². The van der Waals surface area contributed by atoms with Gasteiger partial charge in [0.05, 0.1) is 6.04 Å². The standard InChI is InChI=1S/C19H22N4O3/c1-3-10(2)23-18(25)14(17(24)22-19(23)26)16-15-12(8-9-20-16)11-6-4-5-7-13(11)21-15/h4-7,10,16,20-21,25H,3,8-9H2,1-2H3,(H,22,24,26)/t10-,16-/m1/s1. The van der Waals surface area contributed by atoms with E-state index in [0.717, 1.165) is 28.6 Å². The largest absolute Gasteiger partial charge is 0.494 e. The predicted molar refractivity (Wildman–Crippen MR) is 99.8 cm³/mol. The van der Waals surface area contributed by atoms with Gasteiger partial charge >= 0.3 is 5.69 Å². The molecule has 0 aliphatic carbocycles. The van der Waals surface area contributed by atoms with E-state index in [4.69, 9.17) is 0 Å². The van der Waals surface area contributed by atoms with E-state index in [-0.39, 0.29) is 17.5 Å². The fraction of sp³-hybridized carbons (Fsp3) is 0.368. The van der Waals surface area contributed by atoms with E-state index >= 15 is 0 Å². The Balaban J connectivity index is 1.96. The number of benzene rings is 1. The molecule has 136 valence electrons. The summed E-state index contributed by atoms with van der Waals surface area (Å²) in [5.41, 5.74) is 2.04. The lowest BCUT2D eigenvalue weighted by atomic mass is 9.95. The zero-order valence-electron chi connectivity index (χ0n) is 14.8. The highest BCUT2D eigenvalue weighted by Crippen LogP contribution is 2.35. The zero-order chi connectivity index (χ0) is 18.4. The normalized spacial score (nSPS) is 18.0. The van der Waals surface area contributed by atoms with Gasteiger partial charge in [-0.1, -0.05) is 25.1 Å². The number of nitrogens with zero attached hydrogens (tertiary/aromatic N) is 1. The number of nitrogens with one attached hydrogen (secondary N) is 3. The fourth-order valence-electron chi connectivity index (χ4n) is 3.83. The summed E-state index contributed by atoms with van der Waals surface area (Å²) in [7, 11) is 0. The molecule has 1 aliphatic heterocycles. The second-order valence-corrected chi connectivity index (χ2v) is 6.82. The first-order chi connectivity index (χ1) is 12.5. The molecule has 4 rings (SSSR count). The van der Waals surface area contributed by atoms with Gasteiger partial charge in [0.25, 0.3) is 5.56 Å². The Morgan fingerprint density at radius 2 is 2.04 bits per heavy atom. The van der Waals surface area contributed by atoms with Gasteiger partial charge in [-0.3, -0.25) is 14.3 Å². The highest BCUT2D eigenvalue weighted by molar-refractivity contribution is 5.85. The molecule has 0 fully saturated rings. The molecule has 0 spiro atoms. The number of hydrogen-bond donors (Lipinski definition) is 4. The summed E-state index contributed by atoms with van der Waals surface area (Å²) < 4.78 is 1.26. The average Bonchev–Trinajstić information content (AvgIpc) is 3.00. The van der Waals surface area contributed by atoms with Gasteiger partial charge in [-0.25, -0.2) is 4.79 Å². The van der Waals surface area contributed by atoms with Gasteiger partial charge in [-0.15, -0.1) is 0 Å². The second kappa shape index (κ2) is 6.17. The van der Waals surface area contributed by atoms with Crippen molar-refractivity contribution in [3.05, 3.63) is 61.9 Å². The maximum atomic E-state index is 12.6. The summed E-state index contributed by atoms with van der Waals surface area (Å²) in [6.45, 7) is 4.45. The monoisotopic (exact) mass is 354 g/mol. The van der Waals surface area contributed by atoms with Crippen LogP contribution in [0.1, 0.15) is 49.2 Å². The molecule has 0 saturated heterocycles. The lowest BCUT2D eigenvalue weighted by molar-refractivity contribution is 0.353. The Hall–Kier alpha value is -2.80. The zero-order valence-corrected chi connectivity index (χ0v) is 14.8. The van der Waals surface area contributed by atoms with Crippen molar-refractivity contribution in [1.29, 1.82) is 0 Å². The van der Waals surface area contributed by atoms with E-state index in [0.29, 0.717) is 13.0 Å². The first-order valence-corrected chi connectivity index (χ1v) is 8.93. The Morgan fingerprint density at radius 3 is 2.81 bits per heavy atom. The van der Waals surface area contributed by atoms with Gasteiger partial charge in [0, 0.05) is 29.2 Å². The molecule has 7 heteroatoms. The van der Waals surface area contributed by atoms with Crippen molar-refractivity contribution >= 4 is 10.9 Å². The van der Waals surface area contributed by atoms with Crippen molar-refractivity contribution < 1.29 is 5.11 Å². The minimum absolute atomic E-state index is 0.178. The van der Waals surface area contributed by atoms with E-state index in [1.54, 1.807) is 0 Å². The number of hydrogen-bond acceptors (Lipinski definition) is 4. The van der Waals surface area contributed by atoms with Crippen molar-refractivity contribution in [1.82, 2.24) is 19.9 Å². The van der Waals surface area contributed by atoms with Gasteiger partial charge in [-0.2, -0.15) is 0 Å².